The summed E-state index contributed by atoms with van der Waals surface area (Å²) >= 11 is 0. The Hall–Kier alpha value is -1.49. The molecule has 0 spiro atoms. The maximum absolute atomic E-state index is 12.7. The molecule has 0 radical (unpaired) electrons. The summed E-state index contributed by atoms with van der Waals surface area (Å²) in [4.78, 5) is 17.4. The van der Waals surface area contributed by atoms with Gasteiger partial charge in [0.15, 0.2) is 0 Å². The van der Waals surface area contributed by atoms with Gasteiger partial charge in [-0.2, -0.15) is 4.39 Å². The Labute approximate surface area is 106 Å². The van der Waals surface area contributed by atoms with Gasteiger partial charge in [-0.05, 0) is 31.9 Å². The van der Waals surface area contributed by atoms with Crippen LogP contribution in [-0.2, 0) is 4.74 Å². The van der Waals surface area contributed by atoms with Crippen molar-refractivity contribution in [3.8, 4) is 0 Å². The molecule has 0 N–H and O–H groups in total. The first-order valence-corrected chi connectivity index (χ1v) is 6.23. The second-order valence-electron chi connectivity index (χ2n) is 4.32. The number of nitrogens with zero attached hydrogens (tertiary/aromatic N) is 2. The first-order valence-electron chi connectivity index (χ1n) is 6.23. The van der Waals surface area contributed by atoms with Crippen LogP contribution in [0.2, 0.25) is 0 Å². The van der Waals surface area contributed by atoms with Gasteiger partial charge in [0.25, 0.3) is 5.91 Å². The van der Waals surface area contributed by atoms with Crippen LogP contribution in [0.5, 0.6) is 0 Å². The molecule has 1 saturated heterocycles. The quantitative estimate of drug-likeness (QED) is 0.771. The topological polar surface area (TPSA) is 42.4 Å². The van der Waals surface area contributed by atoms with E-state index in [0.717, 1.165) is 12.8 Å². The Morgan fingerprint density at radius 3 is 2.78 bits per heavy atom. The zero-order chi connectivity index (χ0) is 13.0. The highest BCUT2D eigenvalue weighted by molar-refractivity contribution is 5.93. The van der Waals surface area contributed by atoms with Crippen molar-refractivity contribution in [3.05, 3.63) is 29.8 Å². The zero-order valence-corrected chi connectivity index (χ0v) is 10.4. The van der Waals surface area contributed by atoms with Gasteiger partial charge in [0.2, 0.25) is 5.95 Å². The normalized spacial score (nSPS) is 16.9. The number of aromatic nitrogens is 1. The predicted molar refractivity (Wildman–Crippen MR) is 64.7 cm³/mol. The molecule has 2 heterocycles. The predicted octanol–water partition coefficient (Wildman–Crippen LogP) is 1.86. The number of rotatable bonds is 3. The van der Waals surface area contributed by atoms with Gasteiger partial charge in [0.1, 0.15) is 0 Å². The lowest BCUT2D eigenvalue weighted by Gasteiger charge is -2.31. The van der Waals surface area contributed by atoms with Gasteiger partial charge in [-0.3, -0.25) is 4.79 Å². The third-order valence-corrected chi connectivity index (χ3v) is 3.11. The summed E-state index contributed by atoms with van der Waals surface area (Å²) in [6, 6.07) is 2.68. The molecule has 2 rings (SSSR count). The molecule has 1 aliphatic heterocycles. The fourth-order valence-corrected chi connectivity index (χ4v) is 2.15. The van der Waals surface area contributed by atoms with Crippen molar-refractivity contribution < 1.29 is 13.9 Å². The minimum absolute atomic E-state index is 0.0857. The van der Waals surface area contributed by atoms with Crippen molar-refractivity contribution in [3.63, 3.8) is 0 Å². The van der Waals surface area contributed by atoms with E-state index in [1.807, 2.05) is 6.92 Å². The number of piperidine rings is 1. The van der Waals surface area contributed by atoms with Gasteiger partial charge in [0.05, 0.1) is 11.7 Å². The molecule has 0 unspecified atom stereocenters. The average molecular weight is 252 g/mol. The van der Waals surface area contributed by atoms with Crippen LogP contribution in [0.3, 0.4) is 0 Å². The third kappa shape index (κ3) is 3.04. The Balaban J connectivity index is 1.93. The van der Waals surface area contributed by atoms with E-state index in [4.69, 9.17) is 4.74 Å². The van der Waals surface area contributed by atoms with Gasteiger partial charge < -0.3 is 9.64 Å². The molecule has 0 bridgehead atoms. The van der Waals surface area contributed by atoms with Crippen molar-refractivity contribution in [2.75, 3.05) is 19.7 Å². The Morgan fingerprint density at radius 1 is 1.50 bits per heavy atom. The molecule has 0 saturated carbocycles. The Bertz CT molecular complexity index is 400. The highest BCUT2D eigenvalue weighted by Gasteiger charge is 2.23. The van der Waals surface area contributed by atoms with Crippen molar-refractivity contribution in [2.24, 2.45) is 0 Å². The smallest absolute Gasteiger partial charge is 0.255 e. The third-order valence-electron chi connectivity index (χ3n) is 3.11. The summed E-state index contributed by atoms with van der Waals surface area (Å²) in [5.41, 5.74) is 0.436. The zero-order valence-electron chi connectivity index (χ0n) is 10.4. The van der Waals surface area contributed by atoms with E-state index in [1.165, 1.54) is 18.3 Å². The number of pyridine rings is 1. The SMILES string of the molecule is CCOC1CCN(C(=O)c2ccc(F)nc2)CC1. The van der Waals surface area contributed by atoms with Crippen molar-refractivity contribution in [1.29, 1.82) is 0 Å². The standard InChI is InChI=1S/C13H17FN2O2/c1-2-18-11-5-7-16(8-6-11)13(17)10-3-4-12(14)15-9-10/h3-4,9,11H,2,5-8H2,1H3. The number of hydrogen-bond donors (Lipinski definition) is 0. The number of ether oxygens (including phenoxy) is 1. The van der Waals surface area contributed by atoms with Gasteiger partial charge in [-0.15, -0.1) is 0 Å². The summed E-state index contributed by atoms with van der Waals surface area (Å²) in [6.07, 6.45) is 3.25. The first-order chi connectivity index (χ1) is 8.70. The van der Waals surface area contributed by atoms with Crippen molar-refractivity contribution in [2.45, 2.75) is 25.9 Å². The van der Waals surface area contributed by atoms with Gasteiger partial charge in [0, 0.05) is 25.9 Å². The van der Waals surface area contributed by atoms with Crippen LogP contribution in [0.25, 0.3) is 0 Å². The summed E-state index contributed by atoms with van der Waals surface area (Å²) < 4.78 is 18.2. The maximum atomic E-state index is 12.7. The van der Waals surface area contributed by atoms with Gasteiger partial charge in [-0.25, -0.2) is 4.98 Å². The maximum Gasteiger partial charge on any atom is 0.255 e. The summed E-state index contributed by atoms with van der Waals surface area (Å²) in [7, 11) is 0. The molecular weight excluding hydrogens is 235 g/mol. The molecule has 0 aromatic carbocycles. The minimum Gasteiger partial charge on any atom is -0.378 e. The van der Waals surface area contributed by atoms with E-state index < -0.39 is 5.95 Å². The summed E-state index contributed by atoms with van der Waals surface area (Å²) in [6.45, 7) is 4.05. The van der Waals surface area contributed by atoms with Crippen LogP contribution in [0.15, 0.2) is 18.3 Å². The molecule has 5 heteroatoms. The summed E-state index contributed by atoms with van der Waals surface area (Å²) in [5.74, 6) is -0.654. The van der Waals surface area contributed by atoms with E-state index in [-0.39, 0.29) is 12.0 Å². The molecule has 1 aromatic heterocycles. The highest BCUT2D eigenvalue weighted by atomic mass is 19.1. The molecule has 18 heavy (non-hydrogen) atoms. The fourth-order valence-electron chi connectivity index (χ4n) is 2.15. The Kier molecular flexibility index (Phi) is 4.25. The van der Waals surface area contributed by atoms with Crippen LogP contribution in [0.1, 0.15) is 30.1 Å². The first kappa shape index (κ1) is 13.0. The number of likely N-dealkylation sites (tertiary alicyclic amines) is 1. The summed E-state index contributed by atoms with van der Waals surface area (Å²) in [5, 5.41) is 0. The second-order valence-corrected chi connectivity index (χ2v) is 4.32. The second kappa shape index (κ2) is 5.91. The van der Waals surface area contributed by atoms with Crippen LogP contribution < -0.4 is 0 Å². The molecule has 98 valence electrons. The molecule has 0 atom stereocenters. The van der Waals surface area contributed by atoms with E-state index in [2.05, 4.69) is 4.98 Å². The average Bonchev–Trinajstić information content (AvgIpc) is 2.40. The number of hydrogen-bond acceptors (Lipinski definition) is 3. The fraction of sp³-hybridized carbons (Fsp3) is 0.538. The molecule has 4 nitrogen and oxygen atoms in total. The number of carbonyl (C=O) groups is 1. The monoisotopic (exact) mass is 252 g/mol. The molecule has 1 aromatic rings. The largest absolute Gasteiger partial charge is 0.378 e. The van der Waals surface area contributed by atoms with Gasteiger partial charge in [-0.1, -0.05) is 0 Å². The van der Waals surface area contributed by atoms with Crippen molar-refractivity contribution >= 4 is 5.91 Å². The van der Waals surface area contributed by atoms with E-state index >= 15 is 0 Å². The lowest BCUT2D eigenvalue weighted by atomic mass is 10.1. The highest BCUT2D eigenvalue weighted by Crippen LogP contribution is 2.16. The van der Waals surface area contributed by atoms with Crippen LogP contribution in [0.4, 0.5) is 4.39 Å². The minimum atomic E-state index is -0.568. The van der Waals surface area contributed by atoms with Crippen LogP contribution in [0, 0.1) is 5.95 Å². The van der Waals surface area contributed by atoms with E-state index in [0.29, 0.717) is 25.3 Å². The van der Waals surface area contributed by atoms with Crippen LogP contribution >= 0.6 is 0 Å². The Morgan fingerprint density at radius 2 is 2.22 bits per heavy atom. The van der Waals surface area contributed by atoms with E-state index in [1.54, 1.807) is 4.90 Å². The van der Waals surface area contributed by atoms with Gasteiger partial charge >= 0.3 is 0 Å². The van der Waals surface area contributed by atoms with Crippen LogP contribution in [-0.4, -0.2) is 41.6 Å². The van der Waals surface area contributed by atoms with Crippen molar-refractivity contribution in [1.82, 2.24) is 9.88 Å². The lowest BCUT2D eigenvalue weighted by molar-refractivity contribution is 0.0146. The lowest BCUT2D eigenvalue weighted by Crippen LogP contribution is -2.40. The molecular formula is C13H17FN2O2. The number of amides is 1. The molecule has 0 aliphatic carbocycles. The molecule has 1 aliphatic rings. The molecule has 1 fully saturated rings. The number of carbonyl (C=O) groups excluding carboxylic acids is 1. The number of halogens is 1. The molecule has 1 amide bonds. The van der Waals surface area contributed by atoms with E-state index in [9.17, 15) is 9.18 Å².